The van der Waals surface area contributed by atoms with Crippen molar-refractivity contribution in [3.05, 3.63) is 58.2 Å². The van der Waals surface area contributed by atoms with Gasteiger partial charge in [0, 0.05) is 0 Å². The number of benzene rings is 1. The Hall–Kier alpha value is -2.04. The Kier molecular flexibility index (Phi) is 8.96. The van der Waals surface area contributed by atoms with Gasteiger partial charge in [0.05, 0.1) is 0 Å². The molecule has 0 unspecified atom stereocenters. The maximum absolute atomic E-state index is 10.2. The molecule has 3 atom stereocenters. The Labute approximate surface area is 188 Å². The maximum atomic E-state index is 10.2. The molecule has 0 spiro atoms. The van der Waals surface area contributed by atoms with E-state index in [1.165, 1.54) is 5.57 Å². The topological polar surface area (TPSA) is 69.9 Å². The molecule has 1 heterocycles. The van der Waals surface area contributed by atoms with Gasteiger partial charge in [-0.05, 0) is 109 Å². The lowest BCUT2D eigenvalue weighted by Gasteiger charge is -2.36. The zero-order valence-electron chi connectivity index (χ0n) is 20.0. The first kappa shape index (κ1) is 25.2. The van der Waals surface area contributed by atoms with Gasteiger partial charge in [-0.25, -0.2) is 0 Å². The molecule has 4 nitrogen and oxygen atoms in total. The molecular formula is C27H40O4. The standard InChI is InChI=1S/C27H40O4/c1-18(2)15-24(29)25(30)20(4)11-7-9-19(3)10-8-13-27(6)14-12-22-17-23(28)16-21(5)26(22)31-27/h10-11,15-17,24-25,28-30H,7-9,12-14H2,1-6H3/t24-,25+,27-/m1/s1. The van der Waals surface area contributed by atoms with Crippen LogP contribution in [0.15, 0.2) is 47.1 Å². The largest absolute Gasteiger partial charge is 0.508 e. The molecule has 31 heavy (non-hydrogen) atoms. The van der Waals surface area contributed by atoms with E-state index in [0.717, 1.165) is 66.5 Å². The number of hydrogen-bond acceptors (Lipinski definition) is 4. The summed E-state index contributed by atoms with van der Waals surface area (Å²) in [7, 11) is 0. The zero-order valence-corrected chi connectivity index (χ0v) is 20.0. The van der Waals surface area contributed by atoms with Crippen molar-refractivity contribution in [2.24, 2.45) is 0 Å². The van der Waals surface area contributed by atoms with Crippen molar-refractivity contribution >= 4 is 0 Å². The van der Waals surface area contributed by atoms with Crippen molar-refractivity contribution in [2.75, 3.05) is 0 Å². The van der Waals surface area contributed by atoms with Crippen LogP contribution in [0.5, 0.6) is 11.5 Å². The number of hydrogen-bond donors (Lipinski definition) is 3. The highest BCUT2D eigenvalue weighted by Crippen LogP contribution is 2.39. The van der Waals surface area contributed by atoms with E-state index in [9.17, 15) is 15.3 Å². The number of phenols is 1. The Morgan fingerprint density at radius 3 is 2.52 bits per heavy atom. The number of aliphatic hydroxyl groups is 2. The van der Waals surface area contributed by atoms with Crippen LogP contribution in [0.25, 0.3) is 0 Å². The van der Waals surface area contributed by atoms with Gasteiger partial charge in [0.25, 0.3) is 0 Å². The summed E-state index contributed by atoms with van der Waals surface area (Å²) in [5, 5.41) is 30.0. The minimum absolute atomic E-state index is 0.187. The minimum Gasteiger partial charge on any atom is -0.508 e. The van der Waals surface area contributed by atoms with Crippen LogP contribution in [0.1, 0.15) is 77.8 Å². The van der Waals surface area contributed by atoms with Gasteiger partial charge in [-0.2, -0.15) is 0 Å². The number of rotatable bonds is 9. The molecule has 1 aromatic rings. The Bertz CT molecular complexity index is 845. The molecule has 1 aliphatic rings. The number of aromatic hydroxyl groups is 1. The van der Waals surface area contributed by atoms with Crippen LogP contribution >= 0.6 is 0 Å². The predicted octanol–water partition coefficient (Wildman–Crippen LogP) is 5.93. The summed E-state index contributed by atoms with van der Waals surface area (Å²) in [6.45, 7) is 12.0. The van der Waals surface area contributed by atoms with E-state index in [4.69, 9.17) is 4.74 Å². The fraction of sp³-hybridized carbons (Fsp3) is 0.556. The fourth-order valence-electron chi connectivity index (χ4n) is 4.11. The molecule has 1 aliphatic heterocycles. The van der Waals surface area contributed by atoms with Gasteiger partial charge in [-0.1, -0.05) is 29.4 Å². The second-order valence-electron chi connectivity index (χ2n) is 9.56. The van der Waals surface area contributed by atoms with E-state index in [0.29, 0.717) is 5.75 Å². The molecule has 0 aromatic heterocycles. The predicted molar refractivity (Wildman–Crippen MR) is 128 cm³/mol. The fourth-order valence-corrected chi connectivity index (χ4v) is 4.11. The van der Waals surface area contributed by atoms with Gasteiger partial charge in [-0.3, -0.25) is 0 Å². The smallest absolute Gasteiger partial charge is 0.126 e. The van der Waals surface area contributed by atoms with Crippen molar-refractivity contribution in [3.8, 4) is 11.5 Å². The maximum Gasteiger partial charge on any atom is 0.126 e. The first-order valence-corrected chi connectivity index (χ1v) is 11.4. The highest BCUT2D eigenvalue weighted by Gasteiger charge is 2.32. The van der Waals surface area contributed by atoms with Crippen LogP contribution in [0.2, 0.25) is 0 Å². The summed E-state index contributed by atoms with van der Waals surface area (Å²) in [6.07, 6.45) is 9.84. The van der Waals surface area contributed by atoms with Gasteiger partial charge in [0.2, 0.25) is 0 Å². The molecule has 0 aliphatic carbocycles. The molecule has 0 saturated heterocycles. The van der Waals surface area contributed by atoms with Crippen LogP contribution in [-0.4, -0.2) is 33.1 Å². The number of aryl methyl sites for hydroxylation is 2. The monoisotopic (exact) mass is 428 g/mol. The molecule has 172 valence electrons. The molecule has 0 radical (unpaired) electrons. The normalized spacial score (nSPS) is 21.2. The van der Waals surface area contributed by atoms with E-state index in [1.54, 1.807) is 12.1 Å². The molecule has 0 fully saturated rings. The molecule has 0 saturated carbocycles. The van der Waals surface area contributed by atoms with Crippen LogP contribution in [0.3, 0.4) is 0 Å². The first-order chi connectivity index (χ1) is 14.5. The summed E-state index contributed by atoms with van der Waals surface area (Å²) in [6, 6.07) is 3.58. The zero-order chi connectivity index (χ0) is 23.2. The van der Waals surface area contributed by atoms with Crippen molar-refractivity contribution in [3.63, 3.8) is 0 Å². The lowest BCUT2D eigenvalue weighted by Crippen LogP contribution is -2.36. The third-order valence-corrected chi connectivity index (χ3v) is 6.07. The van der Waals surface area contributed by atoms with Crippen molar-refractivity contribution in [1.29, 1.82) is 0 Å². The van der Waals surface area contributed by atoms with E-state index >= 15 is 0 Å². The summed E-state index contributed by atoms with van der Waals surface area (Å²) in [5.74, 6) is 1.24. The van der Waals surface area contributed by atoms with E-state index in [1.807, 2.05) is 39.8 Å². The summed E-state index contributed by atoms with van der Waals surface area (Å²) in [4.78, 5) is 0. The highest BCUT2D eigenvalue weighted by atomic mass is 16.5. The van der Waals surface area contributed by atoms with Gasteiger partial charge >= 0.3 is 0 Å². The molecular weight excluding hydrogens is 388 g/mol. The van der Waals surface area contributed by atoms with E-state index in [2.05, 4.69) is 19.9 Å². The number of phenolic OH excluding ortho intramolecular Hbond substituents is 1. The van der Waals surface area contributed by atoms with Crippen LogP contribution < -0.4 is 4.74 Å². The van der Waals surface area contributed by atoms with Gasteiger partial charge in [0.15, 0.2) is 0 Å². The van der Waals surface area contributed by atoms with Crippen molar-refractivity contribution in [1.82, 2.24) is 0 Å². The molecule has 2 rings (SSSR count). The average Bonchev–Trinajstić information content (AvgIpc) is 2.67. The summed E-state index contributed by atoms with van der Waals surface area (Å²) < 4.78 is 6.37. The molecule has 1 aromatic carbocycles. The minimum atomic E-state index is -0.855. The Balaban J connectivity index is 1.84. The second-order valence-corrected chi connectivity index (χ2v) is 9.56. The van der Waals surface area contributed by atoms with Crippen molar-refractivity contribution < 1.29 is 20.1 Å². The SMILES string of the molecule is CC(C)=C[C@@H](O)[C@@H](O)C(C)=CCCC(C)=CCC[C@]1(C)CCc2cc(O)cc(C)c2O1. The third kappa shape index (κ3) is 7.55. The second kappa shape index (κ2) is 11.0. The van der Waals surface area contributed by atoms with Crippen LogP contribution in [0, 0.1) is 6.92 Å². The van der Waals surface area contributed by atoms with Crippen molar-refractivity contribution in [2.45, 2.75) is 97.9 Å². The van der Waals surface area contributed by atoms with E-state index < -0.39 is 12.2 Å². The van der Waals surface area contributed by atoms with Gasteiger partial charge in [0.1, 0.15) is 29.3 Å². The first-order valence-electron chi connectivity index (χ1n) is 11.4. The number of fused-ring (bicyclic) bond motifs is 1. The number of ether oxygens (including phenoxy) is 1. The van der Waals surface area contributed by atoms with Crippen LogP contribution in [-0.2, 0) is 6.42 Å². The quantitative estimate of drug-likeness (QED) is 0.427. The van der Waals surface area contributed by atoms with E-state index in [-0.39, 0.29) is 5.60 Å². The van der Waals surface area contributed by atoms with Gasteiger partial charge in [-0.15, -0.1) is 0 Å². The summed E-state index contributed by atoms with van der Waals surface area (Å²) in [5.41, 5.74) is 5.02. The van der Waals surface area contributed by atoms with Crippen LogP contribution in [0.4, 0.5) is 0 Å². The molecule has 0 bridgehead atoms. The summed E-state index contributed by atoms with van der Waals surface area (Å²) >= 11 is 0. The lowest BCUT2D eigenvalue weighted by atomic mass is 9.87. The molecule has 4 heteroatoms. The average molecular weight is 429 g/mol. The van der Waals surface area contributed by atoms with Gasteiger partial charge < -0.3 is 20.1 Å². The Morgan fingerprint density at radius 2 is 1.84 bits per heavy atom. The molecule has 0 amide bonds. The molecule has 3 N–H and O–H groups in total. The highest BCUT2D eigenvalue weighted by molar-refractivity contribution is 5.47. The third-order valence-electron chi connectivity index (χ3n) is 6.07. The number of allylic oxidation sites excluding steroid dienone is 4. The lowest BCUT2D eigenvalue weighted by molar-refractivity contribution is 0.0561. The number of aliphatic hydroxyl groups excluding tert-OH is 2. The Morgan fingerprint density at radius 1 is 1.13 bits per heavy atom.